The molecule has 90 valence electrons. The molecule has 3 rings (SSSR count). The van der Waals surface area contributed by atoms with Crippen molar-refractivity contribution in [2.75, 3.05) is 12.4 Å². The van der Waals surface area contributed by atoms with E-state index in [1.807, 2.05) is 42.9 Å². The first-order chi connectivity index (χ1) is 8.79. The third-order valence-electron chi connectivity index (χ3n) is 3.06. The Balaban J connectivity index is 2.15. The standard InChI is InChI=1S/C14H14N4/c1-15-11-7-5-10(6-8-11)13-17-12-4-3-9-16-14(12)18(13)2/h3-9,15H,1-2H3. The largest absolute Gasteiger partial charge is 0.388 e. The summed E-state index contributed by atoms with van der Waals surface area (Å²) in [5.41, 5.74) is 4.02. The second kappa shape index (κ2) is 4.14. The fraction of sp³-hybridized carbons (Fsp3) is 0.143. The molecule has 4 heteroatoms. The number of fused-ring (bicyclic) bond motifs is 1. The highest BCUT2D eigenvalue weighted by Gasteiger charge is 2.09. The maximum atomic E-state index is 4.62. The van der Waals surface area contributed by atoms with E-state index >= 15 is 0 Å². The van der Waals surface area contributed by atoms with E-state index in [0.29, 0.717) is 0 Å². The minimum Gasteiger partial charge on any atom is -0.388 e. The third kappa shape index (κ3) is 1.62. The summed E-state index contributed by atoms with van der Waals surface area (Å²) < 4.78 is 2.02. The first kappa shape index (κ1) is 10.8. The summed E-state index contributed by atoms with van der Waals surface area (Å²) in [6.07, 6.45) is 1.79. The number of aromatic nitrogens is 3. The van der Waals surface area contributed by atoms with Crippen LogP contribution in [-0.2, 0) is 7.05 Å². The highest BCUT2D eigenvalue weighted by atomic mass is 15.1. The van der Waals surface area contributed by atoms with Crippen molar-refractivity contribution in [1.29, 1.82) is 0 Å². The van der Waals surface area contributed by atoms with Gasteiger partial charge in [0, 0.05) is 31.5 Å². The smallest absolute Gasteiger partial charge is 0.159 e. The van der Waals surface area contributed by atoms with Gasteiger partial charge >= 0.3 is 0 Å². The Bertz CT molecular complexity index is 683. The molecule has 18 heavy (non-hydrogen) atoms. The topological polar surface area (TPSA) is 42.7 Å². The van der Waals surface area contributed by atoms with Gasteiger partial charge in [0.25, 0.3) is 0 Å². The fourth-order valence-electron chi connectivity index (χ4n) is 2.07. The number of pyridine rings is 1. The summed E-state index contributed by atoms with van der Waals surface area (Å²) in [4.78, 5) is 8.97. The molecular formula is C14H14N4. The van der Waals surface area contributed by atoms with Gasteiger partial charge in [0.2, 0.25) is 0 Å². The molecule has 1 aromatic carbocycles. The Hall–Kier alpha value is -2.36. The minimum atomic E-state index is 0.908. The summed E-state index contributed by atoms with van der Waals surface area (Å²) in [7, 11) is 3.90. The van der Waals surface area contributed by atoms with E-state index in [4.69, 9.17) is 0 Å². The first-order valence-electron chi connectivity index (χ1n) is 5.85. The third-order valence-corrected chi connectivity index (χ3v) is 3.06. The number of aryl methyl sites for hydroxylation is 1. The molecule has 0 spiro atoms. The average Bonchev–Trinajstić information content (AvgIpc) is 2.77. The molecule has 0 saturated carbocycles. The van der Waals surface area contributed by atoms with Gasteiger partial charge in [0.05, 0.1) is 0 Å². The van der Waals surface area contributed by atoms with Gasteiger partial charge in [-0.2, -0.15) is 0 Å². The maximum absolute atomic E-state index is 4.62. The lowest BCUT2D eigenvalue weighted by molar-refractivity contribution is 0.942. The molecule has 0 fully saturated rings. The van der Waals surface area contributed by atoms with E-state index in [2.05, 4.69) is 27.4 Å². The molecule has 0 unspecified atom stereocenters. The van der Waals surface area contributed by atoms with Crippen LogP contribution in [0.2, 0.25) is 0 Å². The quantitative estimate of drug-likeness (QED) is 0.746. The predicted octanol–water partition coefficient (Wildman–Crippen LogP) is 2.68. The zero-order valence-electron chi connectivity index (χ0n) is 10.4. The average molecular weight is 238 g/mol. The lowest BCUT2D eigenvalue weighted by Gasteiger charge is -2.03. The molecule has 0 saturated heterocycles. The molecule has 3 aromatic rings. The summed E-state index contributed by atoms with van der Waals surface area (Å²) in [5, 5.41) is 3.11. The second-order valence-electron chi connectivity index (χ2n) is 4.17. The van der Waals surface area contributed by atoms with Crippen LogP contribution in [0, 0.1) is 0 Å². The van der Waals surface area contributed by atoms with Gasteiger partial charge < -0.3 is 9.88 Å². The molecule has 0 amide bonds. The molecule has 0 aliphatic heterocycles. The van der Waals surface area contributed by atoms with Gasteiger partial charge in [0.15, 0.2) is 5.65 Å². The van der Waals surface area contributed by atoms with E-state index in [1.165, 1.54) is 0 Å². The molecule has 0 aliphatic rings. The number of anilines is 1. The van der Waals surface area contributed by atoms with E-state index in [9.17, 15) is 0 Å². The van der Waals surface area contributed by atoms with Crippen molar-refractivity contribution < 1.29 is 0 Å². The first-order valence-corrected chi connectivity index (χ1v) is 5.85. The molecule has 4 nitrogen and oxygen atoms in total. The Morgan fingerprint density at radius 2 is 1.89 bits per heavy atom. The van der Waals surface area contributed by atoms with Crippen molar-refractivity contribution in [3.8, 4) is 11.4 Å². The SMILES string of the molecule is CNc1ccc(-c2nc3cccnc3n2C)cc1. The number of imidazole rings is 1. The summed E-state index contributed by atoms with van der Waals surface area (Å²) in [6, 6.07) is 12.1. The number of nitrogens with one attached hydrogen (secondary N) is 1. The van der Waals surface area contributed by atoms with Crippen molar-refractivity contribution in [3.63, 3.8) is 0 Å². The second-order valence-corrected chi connectivity index (χ2v) is 4.17. The van der Waals surface area contributed by atoms with Crippen molar-refractivity contribution in [1.82, 2.24) is 14.5 Å². The van der Waals surface area contributed by atoms with Crippen LogP contribution in [-0.4, -0.2) is 21.6 Å². The summed E-state index contributed by atoms with van der Waals surface area (Å²) in [6.45, 7) is 0. The lowest BCUT2D eigenvalue weighted by atomic mass is 10.2. The van der Waals surface area contributed by atoms with Crippen LogP contribution >= 0.6 is 0 Å². The highest BCUT2D eigenvalue weighted by molar-refractivity contribution is 5.77. The van der Waals surface area contributed by atoms with E-state index in [1.54, 1.807) is 6.20 Å². The Morgan fingerprint density at radius 3 is 2.56 bits per heavy atom. The molecule has 0 bridgehead atoms. The van der Waals surface area contributed by atoms with Crippen molar-refractivity contribution in [2.45, 2.75) is 0 Å². The molecular weight excluding hydrogens is 224 g/mol. The zero-order valence-corrected chi connectivity index (χ0v) is 10.4. The number of nitrogens with zero attached hydrogens (tertiary/aromatic N) is 3. The number of hydrogen-bond acceptors (Lipinski definition) is 3. The van der Waals surface area contributed by atoms with Gasteiger partial charge in [-0.15, -0.1) is 0 Å². The van der Waals surface area contributed by atoms with E-state index < -0.39 is 0 Å². The molecule has 1 N–H and O–H groups in total. The summed E-state index contributed by atoms with van der Waals surface area (Å²) >= 11 is 0. The number of benzene rings is 1. The fourth-order valence-corrected chi connectivity index (χ4v) is 2.07. The molecule has 0 aliphatic carbocycles. The van der Waals surface area contributed by atoms with Crippen LogP contribution < -0.4 is 5.32 Å². The van der Waals surface area contributed by atoms with Gasteiger partial charge in [-0.3, -0.25) is 0 Å². The Labute approximate surface area is 105 Å². The highest BCUT2D eigenvalue weighted by Crippen LogP contribution is 2.23. The van der Waals surface area contributed by atoms with Gasteiger partial charge in [0.1, 0.15) is 11.3 Å². The molecule has 0 radical (unpaired) electrons. The Kier molecular flexibility index (Phi) is 2.48. The number of rotatable bonds is 2. The summed E-state index contributed by atoms with van der Waals surface area (Å²) in [5.74, 6) is 0.936. The van der Waals surface area contributed by atoms with Crippen LogP contribution in [0.1, 0.15) is 0 Å². The monoisotopic (exact) mass is 238 g/mol. The van der Waals surface area contributed by atoms with E-state index in [-0.39, 0.29) is 0 Å². The molecule has 0 atom stereocenters. The zero-order chi connectivity index (χ0) is 12.5. The van der Waals surface area contributed by atoms with Gasteiger partial charge in [-0.25, -0.2) is 9.97 Å². The normalized spacial score (nSPS) is 10.8. The van der Waals surface area contributed by atoms with Gasteiger partial charge in [-0.05, 0) is 36.4 Å². The Morgan fingerprint density at radius 1 is 1.11 bits per heavy atom. The molecule has 2 aromatic heterocycles. The van der Waals surface area contributed by atoms with Crippen molar-refractivity contribution >= 4 is 16.9 Å². The maximum Gasteiger partial charge on any atom is 0.159 e. The van der Waals surface area contributed by atoms with Crippen molar-refractivity contribution in [3.05, 3.63) is 42.6 Å². The van der Waals surface area contributed by atoms with Crippen LogP contribution in [0.4, 0.5) is 5.69 Å². The molecule has 2 heterocycles. The predicted molar refractivity (Wildman–Crippen MR) is 73.5 cm³/mol. The minimum absolute atomic E-state index is 0.908. The van der Waals surface area contributed by atoms with Crippen LogP contribution in [0.25, 0.3) is 22.6 Å². The van der Waals surface area contributed by atoms with E-state index in [0.717, 1.165) is 28.2 Å². The van der Waals surface area contributed by atoms with Crippen LogP contribution in [0.5, 0.6) is 0 Å². The van der Waals surface area contributed by atoms with Gasteiger partial charge in [-0.1, -0.05) is 0 Å². The van der Waals surface area contributed by atoms with Crippen LogP contribution in [0.3, 0.4) is 0 Å². The number of hydrogen-bond donors (Lipinski definition) is 1. The lowest BCUT2D eigenvalue weighted by Crippen LogP contribution is -1.94. The van der Waals surface area contributed by atoms with Crippen LogP contribution in [0.15, 0.2) is 42.6 Å². The van der Waals surface area contributed by atoms with Crippen molar-refractivity contribution in [2.24, 2.45) is 7.05 Å².